The lowest BCUT2D eigenvalue weighted by atomic mass is 9.88. The van der Waals surface area contributed by atoms with E-state index in [0.29, 0.717) is 18.4 Å². The zero-order chi connectivity index (χ0) is 13.6. The van der Waals surface area contributed by atoms with Crippen LogP contribution < -0.4 is 5.73 Å². The molecule has 0 radical (unpaired) electrons. The lowest BCUT2D eigenvalue weighted by Crippen LogP contribution is -2.41. The summed E-state index contributed by atoms with van der Waals surface area (Å²) < 4.78 is 37.2. The lowest BCUT2D eigenvalue weighted by molar-refractivity contribution is -0.140. The third-order valence-corrected chi connectivity index (χ3v) is 3.44. The average molecular weight is 259 g/mol. The molecule has 1 aliphatic rings. The maximum Gasteiger partial charge on any atom is 0.416 e. The molecule has 3 nitrogen and oxygen atoms in total. The largest absolute Gasteiger partial charge is 0.480 e. The first-order valence-corrected chi connectivity index (χ1v) is 5.43. The Balaban J connectivity index is 2.28. The minimum Gasteiger partial charge on any atom is -0.480 e. The molecule has 0 aromatic heterocycles. The maximum absolute atomic E-state index is 12.4. The number of carboxylic acids is 1. The quantitative estimate of drug-likeness (QED) is 0.874. The second-order valence-corrected chi connectivity index (χ2v) is 4.55. The highest BCUT2D eigenvalue weighted by Gasteiger charge is 2.52. The molecule has 1 saturated carbocycles. The lowest BCUT2D eigenvalue weighted by Gasteiger charge is -2.20. The molecule has 1 fully saturated rings. The molecule has 0 bridgehead atoms. The number of carbonyl (C=O) groups is 1. The topological polar surface area (TPSA) is 63.3 Å². The minimum atomic E-state index is -4.38. The van der Waals surface area contributed by atoms with Gasteiger partial charge in [0.2, 0.25) is 0 Å². The molecule has 1 atom stereocenters. The number of halogens is 3. The summed E-state index contributed by atoms with van der Waals surface area (Å²) in [5, 5.41) is 8.90. The van der Waals surface area contributed by atoms with Gasteiger partial charge in [-0.25, -0.2) is 0 Å². The highest BCUT2D eigenvalue weighted by atomic mass is 19.4. The van der Waals surface area contributed by atoms with Crippen LogP contribution in [0.25, 0.3) is 0 Å². The van der Waals surface area contributed by atoms with Crippen molar-refractivity contribution < 1.29 is 23.1 Å². The van der Waals surface area contributed by atoms with Crippen LogP contribution >= 0.6 is 0 Å². The molecular formula is C12H12F3NO2. The molecule has 1 aromatic rings. The molecule has 2 rings (SSSR count). The number of nitrogens with two attached hydrogens (primary N) is 1. The van der Waals surface area contributed by atoms with Crippen molar-refractivity contribution in [2.45, 2.75) is 30.5 Å². The van der Waals surface area contributed by atoms with Crippen molar-refractivity contribution in [3.05, 3.63) is 35.4 Å². The van der Waals surface area contributed by atoms with Gasteiger partial charge < -0.3 is 10.8 Å². The van der Waals surface area contributed by atoms with E-state index >= 15 is 0 Å². The fourth-order valence-corrected chi connectivity index (χ4v) is 2.14. The Morgan fingerprint density at radius 3 is 2.11 bits per heavy atom. The summed E-state index contributed by atoms with van der Waals surface area (Å²) in [6.45, 7) is 0. The van der Waals surface area contributed by atoms with Gasteiger partial charge in [-0.2, -0.15) is 13.2 Å². The maximum atomic E-state index is 12.4. The molecule has 0 aliphatic heterocycles. The monoisotopic (exact) mass is 259 g/mol. The summed E-state index contributed by atoms with van der Waals surface area (Å²) in [6, 6.07) is 3.49. The third kappa shape index (κ3) is 2.08. The van der Waals surface area contributed by atoms with E-state index < -0.39 is 29.2 Å². The summed E-state index contributed by atoms with van der Waals surface area (Å²) in [4.78, 5) is 10.9. The smallest absolute Gasteiger partial charge is 0.416 e. The number of hydrogen-bond acceptors (Lipinski definition) is 2. The molecule has 3 N–H and O–H groups in total. The van der Waals surface area contributed by atoms with Gasteiger partial charge in [0.15, 0.2) is 0 Å². The van der Waals surface area contributed by atoms with E-state index in [1.165, 1.54) is 12.1 Å². The summed E-state index contributed by atoms with van der Waals surface area (Å²) in [5.41, 5.74) is 4.71. The van der Waals surface area contributed by atoms with Gasteiger partial charge in [0.1, 0.15) is 6.04 Å². The number of alkyl halides is 3. The first kappa shape index (κ1) is 12.9. The van der Waals surface area contributed by atoms with E-state index in [9.17, 15) is 18.0 Å². The van der Waals surface area contributed by atoms with Crippen molar-refractivity contribution in [2.24, 2.45) is 5.73 Å². The highest BCUT2D eigenvalue weighted by Crippen LogP contribution is 2.50. The van der Waals surface area contributed by atoms with Crippen LogP contribution in [0.4, 0.5) is 13.2 Å². The Labute approximate surface area is 101 Å². The predicted octanol–water partition coefficient (Wildman–Crippen LogP) is 2.15. The Kier molecular flexibility index (Phi) is 2.85. The van der Waals surface area contributed by atoms with Crippen LogP contribution in [0.3, 0.4) is 0 Å². The summed E-state index contributed by atoms with van der Waals surface area (Å²) >= 11 is 0. The number of carboxylic acid groups (broad SMARTS) is 1. The predicted molar refractivity (Wildman–Crippen MR) is 58.0 cm³/mol. The fraction of sp³-hybridized carbons (Fsp3) is 0.417. The van der Waals surface area contributed by atoms with Crippen LogP contribution in [-0.2, 0) is 16.4 Å². The van der Waals surface area contributed by atoms with Gasteiger partial charge in [-0.15, -0.1) is 0 Å². The third-order valence-electron chi connectivity index (χ3n) is 3.44. The standard InChI is InChI=1S/C12H12F3NO2/c13-12(14,15)8-3-1-7(2-4-8)11(5-6-11)9(16)10(17)18/h1-4,9H,5-6,16H2,(H,17,18). The van der Waals surface area contributed by atoms with E-state index in [0.717, 1.165) is 12.1 Å². The van der Waals surface area contributed by atoms with E-state index in [4.69, 9.17) is 10.8 Å². The van der Waals surface area contributed by atoms with Gasteiger partial charge in [0.25, 0.3) is 0 Å². The zero-order valence-corrected chi connectivity index (χ0v) is 9.37. The van der Waals surface area contributed by atoms with Gasteiger partial charge in [-0.1, -0.05) is 12.1 Å². The van der Waals surface area contributed by atoms with E-state index in [1.807, 2.05) is 0 Å². The molecule has 0 spiro atoms. The molecule has 0 heterocycles. The van der Waals surface area contributed by atoms with Crippen LogP contribution in [-0.4, -0.2) is 17.1 Å². The van der Waals surface area contributed by atoms with Crippen LogP contribution in [0.5, 0.6) is 0 Å². The normalized spacial score (nSPS) is 19.3. The van der Waals surface area contributed by atoms with Gasteiger partial charge in [-0.05, 0) is 30.5 Å². The molecular weight excluding hydrogens is 247 g/mol. The minimum absolute atomic E-state index is 0.561. The molecule has 18 heavy (non-hydrogen) atoms. The zero-order valence-electron chi connectivity index (χ0n) is 9.37. The Bertz CT molecular complexity index is 463. The molecule has 0 saturated heterocycles. The van der Waals surface area contributed by atoms with E-state index in [2.05, 4.69) is 0 Å². The Morgan fingerprint density at radius 1 is 1.28 bits per heavy atom. The molecule has 98 valence electrons. The number of hydrogen-bond donors (Lipinski definition) is 2. The average Bonchev–Trinajstić information content (AvgIpc) is 3.08. The van der Waals surface area contributed by atoms with E-state index in [1.54, 1.807) is 0 Å². The highest BCUT2D eigenvalue weighted by molar-refractivity contribution is 5.77. The van der Waals surface area contributed by atoms with Crippen molar-refractivity contribution >= 4 is 5.97 Å². The fourth-order valence-electron chi connectivity index (χ4n) is 2.14. The van der Waals surface area contributed by atoms with Crippen molar-refractivity contribution in [3.63, 3.8) is 0 Å². The van der Waals surface area contributed by atoms with Crippen LogP contribution in [0.1, 0.15) is 24.0 Å². The summed E-state index contributed by atoms with van der Waals surface area (Å²) in [7, 11) is 0. The van der Waals surface area contributed by atoms with Crippen molar-refractivity contribution in [2.75, 3.05) is 0 Å². The molecule has 1 aliphatic carbocycles. The molecule has 0 amide bonds. The molecule has 6 heteroatoms. The second kappa shape index (κ2) is 3.98. The Hall–Kier alpha value is -1.56. The van der Waals surface area contributed by atoms with Gasteiger partial charge in [0, 0.05) is 5.41 Å². The van der Waals surface area contributed by atoms with E-state index in [-0.39, 0.29) is 0 Å². The SMILES string of the molecule is NC(C(=O)O)C1(c2ccc(C(F)(F)F)cc2)CC1. The van der Waals surface area contributed by atoms with Crippen LogP contribution in [0, 0.1) is 0 Å². The first-order valence-electron chi connectivity index (χ1n) is 5.43. The molecule has 1 unspecified atom stereocenters. The van der Waals surface area contributed by atoms with Gasteiger partial charge >= 0.3 is 12.1 Å². The Morgan fingerprint density at radius 2 is 1.78 bits per heavy atom. The first-order chi connectivity index (χ1) is 8.27. The number of rotatable bonds is 3. The van der Waals surface area contributed by atoms with Crippen molar-refractivity contribution in [1.29, 1.82) is 0 Å². The van der Waals surface area contributed by atoms with Crippen LogP contribution in [0.15, 0.2) is 24.3 Å². The van der Waals surface area contributed by atoms with Crippen molar-refractivity contribution in [3.8, 4) is 0 Å². The van der Waals surface area contributed by atoms with Gasteiger partial charge in [-0.3, -0.25) is 4.79 Å². The number of benzene rings is 1. The summed E-state index contributed by atoms with van der Waals surface area (Å²) in [5.74, 6) is -1.13. The molecule has 1 aromatic carbocycles. The van der Waals surface area contributed by atoms with Crippen LogP contribution in [0.2, 0.25) is 0 Å². The summed E-state index contributed by atoms with van der Waals surface area (Å²) in [6.07, 6.45) is -3.21. The number of aliphatic carboxylic acids is 1. The van der Waals surface area contributed by atoms with Gasteiger partial charge in [0.05, 0.1) is 5.56 Å². The second-order valence-electron chi connectivity index (χ2n) is 4.55. The van der Waals surface area contributed by atoms with Crippen molar-refractivity contribution in [1.82, 2.24) is 0 Å².